The predicted octanol–water partition coefficient (Wildman–Crippen LogP) is 4.72. The van der Waals surface area contributed by atoms with Crippen molar-refractivity contribution in [1.29, 1.82) is 0 Å². The minimum atomic E-state index is 0.0681. The average Bonchev–Trinajstić information content (AvgIpc) is 3.32. The number of aromatic nitrogens is 2. The molecule has 0 spiro atoms. The molecule has 3 heterocycles. The van der Waals surface area contributed by atoms with E-state index in [0.29, 0.717) is 0 Å². The molecule has 2 aromatic heterocycles. The number of hydrogen-bond acceptors (Lipinski definition) is 5. The van der Waals surface area contributed by atoms with Gasteiger partial charge in [0.15, 0.2) is 5.17 Å². The molecule has 2 aromatic rings. The molecule has 2 aliphatic rings. The largest absolute Gasteiger partial charge is 0.362 e. The van der Waals surface area contributed by atoms with Crippen molar-refractivity contribution in [2.24, 2.45) is 4.99 Å². The highest BCUT2D eigenvalue weighted by molar-refractivity contribution is 8.18. The van der Waals surface area contributed by atoms with Gasteiger partial charge in [-0.2, -0.15) is 4.99 Å². The van der Waals surface area contributed by atoms with Crippen LogP contribution in [0.4, 0.5) is 5.13 Å². The molecule has 1 amide bonds. The number of H-pyrrole nitrogens is 1. The van der Waals surface area contributed by atoms with E-state index in [0.717, 1.165) is 39.4 Å². The van der Waals surface area contributed by atoms with Gasteiger partial charge in [-0.05, 0) is 49.7 Å². The third kappa shape index (κ3) is 3.57. The van der Waals surface area contributed by atoms with Gasteiger partial charge in [-0.25, -0.2) is 4.98 Å². The first kappa shape index (κ1) is 16.6. The number of amidine groups is 1. The van der Waals surface area contributed by atoms with Gasteiger partial charge in [0.25, 0.3) is 5.91 Å². The fourth-order valence-electron chi connectivity index (χ4n) is 3.28. The first-order valence-corrected chi connectivity index (χ1v) is 10.3. The van der Waals surface area contributed by atoms with Gasteiger partial charge in [-0.3, -0.25) is 9.69 Å². The first-order chi connectivity index (χ1) is 12.2. The summed E-state index contributed by atoms with van der Waals surface area (Å²) in [5, 5.41) is 3.47. The number of carbonyl (C=O) groups is 1. The number of hydrogen-bond donors (Lipinski definition) is 1. The number of nitrogens with one attached hydrogen (secondary N) is 1. The molecule has 25 heavy (non-hydrogen) atoms. The molecule has 1 saturated heterocycles. The maximum absolute atomic E-state index is 13.1. The van der Waals surface area contributed by atoms with Crippen LogP contribution in [0.2, 0.25) is 0 Å². The minimum Gasteiger partial charge on any atom is -0.362 e. The summed E-state index contributed by atoms with van der Waals surface area (Å²) in [6, 6.07) is 4.15. The van der Waals surface area contributed by atoms with E-state index in [4.69, 9.17) is 4.99 Å². The van der Waals surface area contributed by atoms with Crippen molar-refractivity contribution in [1.82, 2.24) is 14.9 Å². The van der Waals surface area contributed by atoms with Crippen molar-refractivity contribution >= 4 is 45.4 Å². The zero-order valence-electron chi connectivity index (χ0n) is 14.1. The molecule has 0 bridgehead atoms. The van der Waals surface area contributed by atoms with E-state index in [1.807, 2.05) is 41.6 Å². The Labute approximate surface area is 155 Å². The number of thiazole rings is 1. The lowest BCUT2D eigenvalue weighted by Crippen LogP contribution is -2.40. The lowest BCUT2D eigenvalue weighted by molar-refractivity contribution is -0.124. The van der Waals surface area contributed by atoms with E-state index in [-0.39, 0.29) is 11.9 Å². The third-order valence-corrected chi connectivity index (χ3v) is 6.32. The Kier molecular flexibility index (Phi) is 4.76. The number of thioether (sulfide) groups is 1. The van der Waals surface area contributed by atoms with Gasteiger partial charge >= 0.3 is 0 Å². The highest BCUT2D eigenvalue weighted by Gasteiger charge is 2.38. The minimum absolute atomic E-state index is 0.0681. The summed E-state index contributed by atoms with van der Waals surface area (Å²) in [6.45, 7) is 1.96. The molecule has 1 aliphatic heterocycles. The molecule has 7 heteroatoms. The molecular formula is C18H20N4OS2. The zero-order valence-corrected chi connectivity index (χ0v) is 15.7. The fraction of sp³-hybridized carbons (Fsp3) is 0.389. The molecule has 0 unspecified atom stereocenters. The van der Waals surface area contributed by atoms with Crippen molar-refractivity contribution in [3.63, 3.8) is 0 Å². The van der Waals surface area contributed by atoms with E-state index >= 15 is 0 Å². The van der Waals surface area contributed by atoms with Crippen LogP contribution in [0.15, 0.2) is 33.6 Å². The third-order valence-electron chi connectivity index (χ3n) is 4.48. The van der Waals surface area contributed by atoms with Crippen LogP contribution >= 0.6 is 23.1 Å². The second kappa shape index (κ2) is 7.17. The van der Waals surface area contributed by atoms with E-state index in [9.17, 15) is 4.79 Å². The number of carbonyl (C=O) groups excluding carboxylic acids is 1. The molecule has 0 radical (unpaired) electrons. The first-order valence-electron chi connectivity index (χ1n) is 8.58. The fourth-order valence-corrected chi connectivity index (χ4v) is 5.03. The van der Waals surface area contributed by atoms with Crippen LogP contribution in [-0.4, -0.2) is 32.0 Å². The number of aliphatic imine (C=N–C) groups is 1. The molecule has 0 atom stereocenters. The Bertz CT molecular complexity index is 816. The molecule has 2 fully saturated rings. The summed E-state index contributed by atoms with van der Waals surface area (Å²) < 4.78 is 0. The maximum atomic E-state index is 13.1. The standard InChI is InChI=1S/C18H20N4OS2/c1-12-11-24-17(20-12)21-18-22(14-7-3-2-4-8-14)16(23)15(25-18)10-13-6-5-9-19-13/h5-6,9-11,14,19H,2-4,7-8H2,1H3/b15-10+,21-18+. The number of aromatic amines is 1. The van der Waals surface area contributed by atoms with Gasteiger partial charge in [0, 0.05) is 23.3 Å². The molecule has 0 aromatic carbocycles. The second-order valence-electron chi connectivity index (χ2n) is 6.37. The summed E-state index contributed by atoms with van der Waals surface area (Å²) >= 11 is 2.97. The Hall–Kier alpha value is -1.86. The van der Waals surface area contributed by atoms with Crippen LogP contribution in [0.25, 0.3) is 6.08 Å². The molecule has 4 rings (SSSR count). The van der Waals surface area contributed by atoms with E-state index < -0.39 is 0 Å². The molecule has 1 saturated carbocycles. The van der Waals surface area contributed by atoms with E-state index in [2.05, 4.69) is 9.97 Å². The lowest BCUT2D eigenvalue weighted by atomic mass is 9.94. The Morgan fingerprint density at radius 2 is 2.20 bits per heavy atom. The van der Waals surface area contributed by atoms with Crippen LogP contribution < -0.4 is 0 Å². The van der Waals surface area contributed by atoms with E-state index in [1.165, 1.54) is 42.4 Å². The SMILES string of the molecule is Cc1csc(/N=C2/S/C(=C/c3ccc[nH]3)C(=O)N2C2CCCCC2)n1. The summed E-state index contributed by atoms with van der Waals surface area (Å²) in [6.07, 6.45) is 9.50. The van der Waals surface area contributed by atoms with Crippen LogP contribution in [0, 0.1) is 6.92 Å². The molecule has 1 aliphatic carbocycles. The van der Waals surface area contributed by atoms with Gasteiger partial charge in [-0.1, -0.05) is 19.3 Å². The summed E-state index contributed by atoms with van der Waals surface area (Å²) in [5.74, 6) is 0.0681. The van der Waals surface area contributed by atoms with Gasteiger partial charge in [-0.15, -0.1) is 11.3 Å². The predicted molar refractivity (Wildman–Crippen MR) is 104 cm³/mol. The van der Waals surface area contributed by atoms with Crippen molar-refractivity contribution in [3.8, 4) is 0 Å². The quantitative estimate of drug-likeness (QED) is 0.793. The molecule has 1 N–H and O–H groups in total. The smallest absolute Gasteiger partial charge is 0.267 e. The normalized spacial score (nSPS) is 22.4. The van der Waals surface area contributed by atoms with Crippen molar-refractivity contribution in [2.45, 2.75) is 45.1 Å². The zero-order chi connectivity index (χ0) is 17.2. The van der Waals surface area contributed by atoms with Crippen molar-refractivity contribution < 1.29 is 4.79 Å². The van der Waals surface area contributed by atoms with Gasteiger partial charge < -0.3 is 4.98 Å². The Morgan fingerprint density at radius 1 is 1.36 bits per heavy atom. The van der Waals surface area contributed by atoms with Crippen LogP contribution in [0.3, 0.4) is 0 Å². The maximum Gasteiger partial charge on any atom is 0.267 e. The van der Waals surface area contributed by atoms with Crippen molar-refractivity contribution in [3.05, 3.63) is 40.0 Å². The topological polar surface area (TPSA) is 61.4 Å². The summed E-state index contributed by atoms with van der Waals surface area (Å²) in [5.41, 5.74) is 1.90. The second-order valence-corrected chi connectivity index (χ2v) is 8.21. The van der Waals surface area contributed by atoms with Crippen LogP contribution in [-0.2, 0) is 4.79 Å². The van der Waals surface area contributed by atoms with Gasteiger partial charge in [0.05, 0.1) is 10.6 Å². The lowest BCUT2D eigenvalue weighted by Gasteiger charge is -2.30. The summed E-state index contributed by atoms with van der Waals surface area (Å²) in [4.78, 5) is 28.0. The number of nitrogens with zero attached hydrogens (tertiary/aromatic N) is 3. The van der Waals surface area contributed by atoms with Gasteiger partial charge in [0.2, 0.25) is 5.13 Å². The molecule has 5 nitrogen and oxygen atoms in total. The molecule has 130 valence electrons. The van der Waals surface area contributed by atoms with Crippen molar-refractivity contribution in [2.75, 3.05) is 0 Å². The number of aryl methyl sites for hydroxylation is 1. The highest BCUT2D eigenvalue weighted by Crippen LogP contribution is 2.38. The number of amides is 1. The monoisotopic (exact) mass is 372 g/mol. The van der Waals surface area contributed by atoms with E-state index in [1.54, 1.807) is 0 Å². The number of rotatable bonds is 3. The van der Waals surface area contributed by atoms with Gasteiger partial charge in [0.1, 0.15) is 0 Å². The average molecular weight is 373 g/mol. The summed E-state index contributed by atoms with van der Waals surface area (Å²) in [7, 11) is 0. The highest BCUT2D eigenvalue weighted by atomic mass is 32.2. The Balaban J connectivity index is 1.68. The molecular weight excluding hydrogens is 352 g/mol. The van der Waals surface area contributed by atoms with Crippen LogP contribution in [0.1, 0.15) is 43.5 Å². The Morgan fingerprint density at radius 3 is 2.88 bits per heavy atom. The van der Waals surface area contributed by atoms with Crippen LogP contribution in [0.5, 0.6) is 0 Å².